The predicted molar refractivity (Wildman–Crippen MR) is 61.6 cm³/mol. The van der Waals surface area contributed by atoms with E-state index in [2.05, 4.69) is 31.9 Å². The maximum Gasteiger partial charge on any atom is 0.164 e. The van der Waals surface area contributed by atoms with E-state index in [4.69, 9.17) is 0 Å². The average molecular weight is 306 g/mol. The molecule has 70 valence electrons. The minimum Gasteiger partial charge on any atom is -0.294 e. The molecule has 0 bridgehead atoms. The fraction of sp³-hybridized carbons (Fsp3) is 0.300. The van der Waals surface area contributed by atoms with Gasteiger partial charge >= 0.3 is 0 Å². The van der Waals surface area contributed by atoms with Crippen molar-refractivity contribution in [3.05, 3.63) is 33.8 Å². The van der Waals surface area contributed by atoms with E-state index in [1.54, 1.807) is 0 Å². The fourth-order valence-corrected chi connectivity index (χ4v) is 1.93. The van der Waals surface area contributed by atoms with Crippen molar-refractivity contribution in [1.82, 2.24) is 0 Å². The smallest absolute Gasteiger partial charge is 0.164 e. The number of hydrogen-bond donors (Lipinski definition) is 0. The molecule has 0 radical (unpaired) electrons. The van der Waals surface area contributed by atoms with Gasteiger partial charge in [0.2, 0.25) is 0 Å². The number of carbonyl (C=O) groups is 1. The normalized spacial score (nSPS) is 10.1. The van der Waals surface area contributed by atoms with Crippen LogP contribution in [0.15, 0.2) is 22.7 Å². The van der Waals surface area contributed by atoms with E-state index in [0.29, 0.717) is 11.8 Å². The third kappa shape index (κ3) is 2.64. The zero-order chi connectivity index (χ0) is 9.84. The van der Waals surface area contributed by atoms with Crippen molar-refractivity contribution in [2.75, 3.05) is 5.33 Å². The second-order valence-corrected chi connectivity index (χ2v) is 4.38. The number of Topliss-reactive ketones (excluding diaryl/α,β-unsaturated/α-hetero) is 1. The van der Waals surface area contributed by atoms with Gasteiger partial charge in [0.05, 0.1) is 0 Å². The Balaban J connectivity index is 3.01. The zero-order valence-electron chi connectivity index (χ0n) is 7.31. The molecule has 13 heavy (non-hydrogen) atoms. The van der Waals surface area contributed by atoms with Crippen LogP contribution >= 0.6 is 31.9 Å². The Morgan fingerprint density at radius 2 is 2.15 bits per heavy atom. The summed E-state index contributed by atoms with van der Waals surface area (Å²) >= 11 is 6.67. The van der Waals surface area contributed by atoms with Crippen LogP contribution in [-0.2, 0) is 0 Å². The summed E-state index contributed by atoms with van der Waals surface area (Å²) in [5, 5.41) is 0.714. The minimum atomic E-state index is 0.174. The lowest BCUT2D eigenvalue weighted by Crippen LogP contribution is -2.01. The van der Waals surface area contributed by atoms with Gasteiger partial charge < -0.3 is 0 Å². The van der Waals surface area contributed by atoms with Gasteiger partial charge in [0.25, 0.3) is 0 Å². The van der Waals surface area contributed by atoms with Crippen molar-refractivity contribution in [3.63, 3.8) is 0 Å². The molecule has 0 N–H and O–H groups in total. The molecule has 1 nitrogen and oxygen atoms in total. The Morgan fingerprint density at radius 1 is 1.46 bits per heavy atom. The molecule has 0 amide bonds. The summed E-state index contributed by atoms with van der Waals surface area (Å²) in [5.41, 5.74) is 1.87. The van der Waals surface area contributed by atoms with Crippen LogP contribution in [0.25, 0.3) is 0 Å². The van der Waals surface area contributed by atoms with Gasteiger partial charge in [0.15, 0.2) is 5.78 Å². The standard InChI is InChI=1S/C10H10Br2O/c1-7-3-2-4-8(10(7)12)9(13)5-6-11/h2-4H,5-6H2,1H3. The van der Waals surface area contributed by atoms with Crippen molar-refractivity contribution in [1.29, 1.82) is 0 Å². The Bertz CT molecular complexity index is 321. The minimum absolute atomic E-state index is 0.174. The predicted octanol–water partition coefficient (Wildman–Crippen LogP) is 3.73. The van der Waals surface area contributed by atoms with Gasteiger partial charge in [0, 0.05) is 21.8 Å². The Labute approximate surface area is 94.8 Å². The highest BCUT2D eigenvalue weighted by Gasteiger charge is 2.09. The van der Waals surface area contributed by atoms with E-state index in [1.165, 1.54) is 0 Å². The van der Waals surface area contributed by atoms with Crippen LogP contribution in [-0.4, -0.2) is 11.1 Å². The highest BCUT2D eigenvalue weighted by molar-refractivity contribution is 9.10. The molecule has 3 heteroatoms. The summed E-state index contributed by atoms with van der Waals surface area (Å²) in [6.07, 6.45) is 0.544. The molecule has 0 saturated carbocycles. The highest BCUT2D eigenvalue weighted by Crippen LogP contribution is 2.22. The van der Waals surface area contributed by atoms with Crippen molar-refractivity contribution in [2.24, 2.45) is 0 Å². The zero-order valence-corrected chi connectivity index (χ0v) is 10.5. The molecule has 1 rings (SSSR count). The number of hydrogen-bond acceptors (Lipinski definition) is 1. The number of aryl methyl sites for hydroxylation is 1. The summed E-state index contributed by atoms with van der Waals surface area (Å²) in [5.74, 6) is 0.174. The fourth-order valence-electron chi connectivity index (χ4n) is 1.08. The summed E-state index contributed by atoms with van der Waals surface area (Å²) in [6.45, 7) is 1.98. The summed E-state index contributed by atoms with van der Waals surface area (Å²) < 4.78 is 0.918. The Kier molecular flexibility index (Phi) is 4.13. The first-order valence-corrected chi connectivity index (χ1v) is 5.92. The first-order chi connectivity index (χ1) is 6.16. The molecule has 0 aromatic heterocycles. The van der Waals surface area contributed by atoms with Gasteiger partial charge in [-0.05, 0) is 28.4 Å². The second kappa shape index (κ2) is 4.91. The molecule has 0 aliphatic heterocycles. The lowest BCUT2D eigenvalue weighted by molar-refractivity contribution is 0.0989. The number of rotatable bonds is 3. The summed E-state index contributed by atoms with van der Waals surface area (Å²) in [6, 6.07) is 5.73. The number of halogens is 2. The third-order valence-electron chi connectivity index (χ3n) is 1.81. The van der Waals surface area contributed by atoms with Crippen LogP contribution in [0, 0.1) is 6.92 Å². The molecule has 0 aliphatic rings. The van der Waals surface area contributed by atoms with Crippen LogP contribution in [0.4, 0.5) is 0 Å². The van der Waals surface area contributed by atoms with E-state index >= 15 is 0 Å². The van der Waals surface area contributed by atoms with E-state index in [0.717, 1.165) is 15.6 Å². The lowest BCUT2D eigenvalue weighted by atomic mass is 10.1. The van der Waals surface area contributed by atoms with Gasteiger partial charge in [-0.25, -0.2) is 0 Å². The van der Waals surface area contributed by atoms with Crippen LogP contribution in [0.2, 0.25) is 0 Å². The monoisotopic (exact) mass is 304 g/mol. The molecule has 0 aliphatic carbocycles. The molecule has 0 spiro atoms. The first-order valence-electron chi connectivity index (χ1n) is 4.01. The van der Waals surface area contributed by atoms with Crippen molar-refractivity contribution < 1.29 is 4.79 Å². The van der Waals surface area contributed by atoms with E-state index in [1.807, 2.05) is 25.1 Å². The molecular formula is C10H10Br2O. The number of ketones is 1. The summed E-state index contributed by atoms with van der Waals surface area (Å²) in [4.78, 5) is 11.6. The average Bonchev–Trinajstić information content (AvgIpc) is 2.10. The van der Waals surface area contributed by atoms with Crippen LogP contribution < -0.4 is 0 Å². The van der Waals surface area contributed by atoms with Gasteiger partial charge in [-0.15, -0.1) is 0 Å². The maximum atomic E-state index is 11.6. The van der Waals surface area contributed by atoms with E-state index in [9.17, 15) is 4.79 Å². The Hall–Kier alpha value is -0.150. The largest absolute Gasteiger partial charge is 0.294 e. The molecular weight excluding hydrogens is 296 g/mol. The summed E-state index contributed by atoms with van der Waals surface area (Å²) in [7, 11) is 0. The number of benzene rings is 1. The van der Waals surface area contributed by atoms with Crippen LogP contribution in [0.1, 0.15) is 22.3 Å². The second-order valence-electron chi connectivity index (χ2n) is 2.80. The first kappa shape index (κ1) is 10.9. The van der Waals surface area contributed by atoms with Crippen molar-refractivity contribution in [3.8, 4) is 0 Å². The number of alkyl halides is 1. The molecule has 0 atom stereocenters. The van der Waals surface area contributed by atoms with E-state index in [-0.39, 0.29) is 5.78 Å². The lowest BCUT2D eigenvalue weighted by Gasteiger charge is -2.04. The molecule has 0 unspecified atom stereocenters. The topological polar surface area (TPSA) is 17.1 Å². The van der Waals surface area contributed by atoms with Crippen molar-refractivity contribution in [2.45, 2.75) is 13.3 Å². The Morgan fingerprint density at radius 3 is 2.77 bits per heavy atom. The molecule has 0 fully saturated rings. The van der Waals surface area contributed by atoms with Crippen LogP contribution in [0.5, 0.6) is 0 Å². The molecule has 0 heterocycles. The highest BCUT2D eigenvalue weighted by atomic mass is 79.9. The third-order valence-corrected chi connectivity index (χ3v) is 3.26. The van der Waals surface area contributed by atoms with Crippen molar-refractivity contribution >= 4 is 37.6 Å². The molecule has 0 saturated heterocycles. The SMILES string of the molecule is Cc1cccc(C(=O)CCBr)c1Br. The molecule has 1 aromatic rings. The number of carbonyl (C=O) groups excluding carboxylic acids is 1. The van der Waals surface area contributed by atoms with Gasteiger partial charge in [-0.3, -0.25) is 4.79 Å². The van der Waals surface area contributed by atoms with Gasteiger partial charge in [0.1, 0.15) is 0 Å². The maximum absolute atomic E-state index is 11.6. The molecule has 1 aromatic carbocycles. The van der Waals surface area contributed by atoms with E-state index < -0.39 is 0 Å². The van der Waals surface area contributed by atoms with Crippen LogP contribution in [0.3, 0.4) is 0 Å². The van der Waals surface area contributed by atoms with Gasteiger partial charge in [-0.1, -0.05) is 34.1 Å². The van der Waals surface area contributed by atoms with Gasteiger partial charge in [-0.2, -0.15) is 0 Å². The quantitative estimate of drug-likeness (QED) is 0.614.